The largest absolute Gasteiger partial charge is 0.351 e. The molecule has 17 heteroatoms. The van der Waals surface area contributed by atoms with E-state index >= 15 is 0 Å². The van der Waals surface area contributed by atoms with Gasteiger partial charge in [-0.05, 0) is 160 Å². The summed E-state index contributed by atoms with van der Waals surface area (Å²) in [5.41, 5.74) is 2.41. The second-order valence-corrected chi connectivity index (χ2v) is 18.7. The lowest BCUT2D eigenvalue weighted by molar-refractivity contribution is 0.240. The molecule has 2 aromatic heterocycles. The van der Waals surface area contributed by atoms with Crippen LogP contribution in [0.15, 0.2) is 36.4 Å². The zero-order valence-corrected chi connectivity index (χ0v) is 40.3. The Hall–Kier alpha value is -4.51. The average Bonchev–Trinajstić information content (AvgIpc) is 3.72. The number of rotatable bonds is 11. The van der Waals surface area contributed by atoms with Crippen LogP contribution < -0.4 is 31.5 Å². The van der Waals surface area contributed by atoms with E-state index < -0.39 is 0 Å². The molecule has 0 atom stereocenters. The highest BCUT2D eigenvalue weighted by atomic mass is 35.5. The van der Waals surface area contributed by atoms with Crippen LogP contribution in [0, 0.1) is 25.5 Å². The Morgan fingerprint density at radius 1 is 0.554 bits per heavy atom. The first kappa shape index (κ1) is 49.9. The summed E-state index contributed by atoms with van der Waals surface area (Å²) in [7, 11) is 8.47. The molecule has 0 radical (unpaired) electrons. The standard InChI is InChI=1S/C24H36FN7.C17H21ClFN5.C7H16N2/c1-17-10-11-19(16-21(17)25)27-23-28-22(26-18-8-6-4-5-7-9-18)29-24(30-23)32(3)20-12-14-31(2)15-13-20;1-11-8-9-13(10-14(11)19)21-17-23-15(18)22-16(24-17)20-12-6-4-2-3-5-7-12;1-8-7-3-5-9(2)6-4-7/h10-11,16,18,20H,4-9,12-15H2,1-3H3,(H2,26,27,28,29,30);8-10,12H,2-7H2,1H3,(H2,20,21,22,23,24);7-8H,3-6H2,1-2H3. The normalized spacial score (nSPS) is 18.5. The van der Waals surface area contributed by atoms with Gasteiger partial charge in [0.2, 0.25) is 35.0 Å². The molecule has 2 saturated heterocycles. The maximum Gasteiger partial charge on any atom is 0.233 e. The molecule has 2 aliphatic carbocycles. The Labute approximate surface area is 391 Å². The van der Waals surface area contributed by atoms with Crippen molar-refractivity contribution in [3.8, 4) is 0 Å². The van der Waals surface area contributed by atoms with Crippen molar-refractivity contribution in [2.45, 2.75) is 141 Å². The van der Waals surface area contributed by atoms with E-state index in [0.717, 1.165) is 57.7 Å². The highest BCUT2D eigenvalue weighted by molar-refractivity contribution is 6.28. The van der Waals surface area contributed by atoms with Gasteiger partial charge in [-0.2, -0.15) is 29.9 Å². The van der Waals surface area contributed by atoms with E-state index in [2.05, 4.69) is 89.4 Å². The van der Waals surface area contributed by atoms with Gasteiger partial charge >= 0.3 is 0 Å². The Balaban J connectivity index is 0.000000186. The lowest BCUT2D eigenvalue weighted by Crippen LogP contribution is -2.42. The Morgan fingerprint density at radius 3 is 1.43 bits per heavy atom. The predicted octanol–water partition coefficient (Wildman–Crippen LogP) is 9.88. The van der Waals surface area contributed by atoms with Crippen molar-refractivity contribution in [1.82, 2.24) is 45.0 Å². The Kier molecular flexibility index (Phi) is 19.5. The molecule has 65 heavy (non-hydrogen) atoms. The monoisotopic (exact) mass is 919 g/mol. The fourth-order valence-electron chi connectivity index (χ4n) is 8.77. The number of aryl methyl sites for hydroxylation is 2. The average molecular weight is 920 g/mol. The highest BCUT2D eigenvalue weighted by Gasteiger charge is 2.24. The molecule has 0 spiro atoms. The van der Waals surface area contributed by atoms with Crippen LogP contribution in [0.4, 0.5) is 49.9 Å². The van der Waals surface area contributed by atoms with Gasteiger partial charge in [0.25, 0.3) is 0 Å². The van der Waals surface area contributed by atoms with Gasteiger partial charge in [-0.25, -0.2) is 8.78 Å². The summed E-state index contributed by atoms with van der Waals surface area (Å²) in [5.74, 6) is 1.92. The second-order valence-electron chi connectivity index (χ2n) is 18.4. The number of benzene rings is 2. The smallest absolute Gasteiger partial charge is 0.233 e. The molecule has 0 amide bonds. The van der Waals surface area contributed by atoms with Crippen LogP contribution >= 0.6 is 11.6 Å². The molecule has 0 unspecified atom stereocenters. The van der Waals surface area contributed by atoms with Crippen molar-refractivity contribution in [1.29, 1.82) is 0 Å². The molecule has 14 nitrogen and oxygen atoms in total. The number of hydrogen-bond acceptors (Lipinski definition) is 14. The highest BCUT2D eigenvalue weighted by Crippen LogP contribution is 2.26. The molecule has 356 valence electrons. The van der Waals surface area contributed by atoms with Crippen molar-refractivity contribution in [3.05, 3.63) is 64.4 Å². The molecule has 8 rings (SSSR count). The molecule has 4 aliphatic rings. The maximum absolute atomic E-state index is 14.1. The first-order chi connectivity index (χ1) is 31.4. The topological polar surface area (TPSA) is 147 Å². The number of aromatic nitrogens is 6. The van der Waals surface area contributed by atoms with Crippen molar-refractivity contribution >= 4 is 52.7 Å². The fraction of sp³-hybridized carbons (Fsp3) is 0.625. The van der Waals surface area contributed by atoms with E-state index in [1.54, 1.807) is 32.0 Å². The van der Waals surface area contributed by atoms with Gasteiger partial charge < -0.3 is 41.3 Å². The van der Waals surface area contributed by atoms with Crippen molar-refractivity contribution < 1.29 is 8.78 Å². The second kappa shape index (κ2) is 25.4. The van der Waals surface area contributed by atoms with Crippen molar-refractivity contribution in [2.24, 2.45) is 0 Å². The van der Waals surface area contributed by atoms with Crippen molar-refractivity contribution in [2.75, 3.05) is 80.5 Å². The van der Waals surface area contributed by atoms with E-state index in [9.17, 15) is 8.78 Å². The number of hydrogen-bond donors (Lipinski definition) is 5. The SMILES string of the molecule is CNC1CCN(C)CC1.Cc1ccc(Nc2nc(Cl)nc(NC3CCCCCC3)n2)cc1F.Cc1ccc(Nc2nc(NC3CCCCCC3)nc(N(C)C3CCN(C)CC3)n2)cc1F. The van der Waals surface area contributed by atoms with Crippen LogP contribution in [0.25, 0.3) is 0 Å². The zero-order chi connectivity index (χ0) is 46.1. The van der Waals surface area contributed by atoms with Gasteiger partial charge in [0, 0.05) is 42.6 Å². The number of piperidine rings is 2. The van der Waals surface area contributed by atoms with Gasteiger partial charge in [0.1, 0.15) is 11.6 Å². The van der Waals surface area contributed by atoms with E-state index in [4.69, 9.17) is 21.6 Å². The number of halogens is 3. The minimum absolute atomic E-state index is 0.108. The third kappa shape index (κ3) is 16.4. The number of nitrogens with zero attached hydrogens (tertiary/aromatic N) is 9. The van der Waals surface area contributed by atoms with E-state index in [0.29, 0.717) is 70.4 Å². The summed E-state index contributed by atoms with van der Waals surface area (Å²) < 4.78 is 27.7. The van der Waals surface area contributed by atoms with Gasteiger partial charge in [-0.15, -0.1) is 0 Å². The van der Waals surface area contributed by atoms with Gasteiger partial charge in [0.15, 0.2) is 0 Å². The van der Waals surface area contributed by atoms with Crippen molar-refractivity contribution in [3.63, 3.8) is 0 Å². The van der Waals surface area contributed by atoms with Crippen LogP contribution in [0.3, 0.4) is 0 Å². The van der Waals surface area contributed by atoms with Crippen LogP contribution in [0.2, 0.25) is 5.28 Å². The summed E-state index contributed by atoms with van der Waals surface area (Å²) in [6, 6.07) is 11.9. The maximum atomic E-state index is 14.1. The third-order valence-corrected chi connectivity index (χ3v) is 13.3. The molecule has 4 fully saturated rings. The molecule has 4 aromatic rings. The first-order valence-corrected chi connectivity index (χ1v) is 24.3. The van der Waals surface area contributed by atoms with Gasteiger partial charge in [0.05, 0.1) is 0 Å². The molecular formula is C48H73ClF2N14. The summed E-state index contributed by atoms with van der Waals surface area (Å²) in [5, 5.41) is 16.5. The Morgan fingerprint density at radius 2 is 0.969 bits per heavy atom. The van der Waals surface area contributed by atoms with E-state index in [-0.39, 0.29) is 16.9 Å². The molecule has 2 saturated carbocycles. The molecule has 4 heterocycles. The number of nitrogens with one attached hydrogen (secondary N) is 5. The third-order valence-electron chi connectivity index (χ3n) is 13.1. The van der Waals surface area contributed by atoms with E-state index in [1.165, 1.54) is 89.4 Å². The first-order valence-electron chi connectivity index (χ1n) is 23.9. The molecule has 2 aliphatic heterocycles. The van der Waals surface area contributed by atoms with Gasteiger partial charge in [-0.3, -0.25) is 0 Å². The lowest BCUT2D eigenvalue weighted by atomic mass is 10.0. The minimum Gasteiger partial charge on any atom is -0.351 e. The lowest BCUT2D eigenvalue weighted by Gasteiger charge is -2.35. The summed E-state index contributed by atoms with van der Waals surface area (Å²) >= 11 is 6.01. The number of likely N-dealkylation sites (tertiary alicyclic amines) is 2. The fourth-order valence-corrected chi connectivity index (χ4v) is 8.93. The quantitative estimate of drug-likeness (QED) is 0.0910. The summed E-state index contributed by atoms with van der Waals surface area (Å²) in [6.07, 6.45) is 19.3. The summed E-state index contributed by atoms with van der Waals surface area (Å²) in [6.45, 7) is 8.12. The molecule has 5 N–H and O–H groups in total. The number of anilines is 7. The van der Waals surface area contributed by atoms with Crippen LogP contribution in [0.1, 0.15) is 114 Å². The Bertz CT molecular complexity index is 2050. The van der Waals surface area contributed by atoms with Gasteiger partial charge in [-0.1, -0.05) is 63.5 Å². The molecular weight excluding hydrogens is 846 g/mol. The molecule has 0 bridgehead atoms. The zero-order valence-electron chi connectivity index (χ0n) is 39.6. The summed E-state index contributed by atoms with van der Waals surface area (Å²) in [4.78, 5) is 33.6. The van der Waals surface area contributed by atoms with Crippen LogP contribution in [-0.4, -0.2) is 118 Å². The van der Waals surface area contributed by atoms with Crippen LogP contribution in [-0.2, 0) is 0 Å². The van der Waals surface area contributed by atoms with Crippen LogP contribution in [0.5, 0.6) is 0 Å². The van der Waals surface area contributed by atoms with E-state index in [1.807, 2.05) is 6.07 Å². The molecule has 2 aromatic carbocycles. The minimum atomic E-state index is -0.281. The predicted molar refractivity (Wildman–Crippen MR) is 262 cm³/mol.